The molecule has 0 N–H and O–H groups in total. The topological polar surface area (TPSA) is 122 Å². The minimum atomic E-state index is -0.974. The molecule has 208 valence electrons. The maximum absolute atomic E-state index is 14.0. The van der Waals surface area contributed by atoms with Gasteiger partial charge in [0.25, 0.3) is 11.2 Å². The summed E-state index contributed by atoms with van der Waals surface area (Å²) in [5, 5.41) is 11.3. The number of thiazole rings is 1. The molecule has 5 rings (SSSR count). The number of nitrogens with zero attached hydrogens (tertiary/aromatic N) is 3. The van der Waals surface area contributed by atoms with Crippen molar-refractivity contribution in [3.05, 3.63) is 125 Å². The molecule has 10 nitrogen and oxygen atoms in total. The van der Waals surface area contributed by atoms with Crippen LogP contribution < -0.4 is 24.4 Å². The number of methoxy groups -OCH3 is 2. The van der Waals surface area contributed by atoms with Crippen LogP contribution in [0, 0.1) is 10.1 Å². The van der Waals surface area contributed by atoms with Crippen molar-refractivity contribution in [1.82, 2.24) is 4.57 Å². The molecule has 0 fully saturated rings. The molecule has 1 aromatic heterocycles. The van der Waals surface area contributed by atoms with E-state index in [0.717, 1.165) is 11.3 Å². The molecule has 0 spiro atoms. The molecule has 1 aliphatic rings. The SMILES string of the molecule is CCOC(=O)C1=C(c2ccccc2)N=c2sc(=Cc3cccc([N+](=O)[O-])c3)c(=O)n2C1c1cccc(OC)c1OC. The minimum Gasteiger partial charge on any atom is -0.493 e. The third kappa shape index (κ3) is 5.14. The monoisotopic (exact) mass is 571 g/mol. The molecular weight excluding hydrogens is 546 g/mol. The molecule has 0 radical (unpaired) electrons. The number of carbonyl (C=O) groups is 1. The van der Waals surface area contributed by atoms with E-state index < -0.39 is 22.5 Å². The van der Waals surface area contributed by atoms with Crippen LogP contribution in [-0.2, 0) is 9.53 Å². The van der Waals surface area contributed by atoms with Crippen molar-refractivity contribution in [3.63, 3.8) is 0 Å². The lowest BCUT2D eigenvalue weighted by atomic mass is 9.92. The Bertz CT molecular complexity index is 1860. The van der Waals surface area contributed by atoms with E-state index in [-0.39, 0.29) is 22.4 Å². The summed E-state index contributed by atoms with van der Waals surface area (Å²) in [5.74, 6) is 0.146. The molecule has 1 unspecified atom stereocenters. The van der Waals surface area contributed by atoms with Gasteiger partial charge in [0.2, 0.25) is 0 Å². The van der Waals surface area contributed by atoms with Gasteiger partial charge in [0.1, 0.15) is 6.04 Å². The summed E-state index contributed by atoms with van der Waals surface area (Å²) in [6, 6.07) is 19.4. The van der Waals surface area contributed by atoms with Crippen LogP contribution in [0.5, 0.6) is 11.5 Å². The van der Waals surface area contributed by atoms with E-state index in [1.165, 1.54) is 30.9 Å². The van der Waals surface area contributed by atoms with Crippen molar-refractivity contribution in [2.24, 2.45) is 4.99 Å². The van der Waals surface area contributed by atoms with E-state index >= 15 is 0 Å². The fourth-order valence-electron chi connectivity index (χ4n) is 4.74. The zero-order valence-electron chi connectivity index (χ0n) is 22.4. The Morgan fingerprint density at radius 3 is 2.51 bits per heavy atom. The first kappa shape index (κ1) is 27.5. The maximum Gasteiger partial charge on any atom is 0.338 e. The molecule has 0 saturated heterocycles. The van der Waals surface area contributed by atoms with Crippen molar-refractivity contribution in [3.8, 4) is 11.5 Å². The van der Waals surface area contributed by atoms with Gasteiger partial charge in [-0.1, -0.05) is 65.9 Å². The molecule has 11 heteroatoms. The number of hydrogen-bond donors (Lipinski definition) is 0. The second-order valence-electron chi connectivity index (χ2n) is 8.87. The number of carbonyl (C=O) groups excluding carboxylic acids is 1. The molecule has 0 aliphatic carbocycles. The molecule has 3 aromatic carbocycles. The first-order valence-corrected chi connectivity index (χ1v) is 13.4. The Balaban J connectivity index is 1.87. The summed E-state index contributed by atoms with van der Waals surface area (Å²) in [6.45, 7) is 1.82. The van der Waals surface area contributed by atoms with E-state index in [9.17, 15) is 19.7 Å². The second-order valence-corrected chi connectivity index (χ2v) is 9.88. The highest BCUT2D eigenvalue weighted by Gasteiger charge is 2.37. The summed E-state index contributed by atoms with van der Waals surface area (Å²) in [6.07, 6.45) is 1.58. The third-order valence-electron chi connectivity index (χ3n) is 6.48. The summed E-state index contributed by atoms with van der Waals surface area (Å²) in [4.78, 5) is 43.6. The number of non-ortho nitro benzene ring substituents is 1. The molecule has 1 atom stereocenters. The molecule has 1 aliphatic heterocycles. The Morgan fingerprint density at radius 1 is 1.07 bits per heavy atom. The van der Waals surface area contributed by atoms with Crippen molar-refractivity contribution in [2.45, 2.75) is 13.0 Å². The number of ether oxygens (including phenoxy) is 3. The number of hydrogen-bond acceptors (Lipinski definition) is 9. The van der Waals surface area contributed by atoms with Gasteiger partial charge in [-0.2, -0.15) is 0 Å². The molecule has 4 aromatic rings. The van der Waals surface area contributed by atoms with Gasteiger partial charge in [-0.3, -0.25) is 19.5 Å². The molecular formula is C30H25N3O7S. The number of rotatable bonds is 8. The van der Waals surface area contributed by atoms with Crippen LogP contribution in [0.25, 0.3) is 11.8 Å². The van der Waals surface area contributed by atoms with Gasteiger partial charge in [-0.15, -0.1) is 0 Å². The molecule has 41 heavy (non-hydrogen) atoms. The summed E-state index contributed by atoms with van der Waals surface area (Å²) >= 11 is 1.12. The van der Waals surface area contributed by atoms with Crippen molar-refractivity contribution < 1.29 is 23.9 Å². The fourth-order valence-corrected chi connectivity index (χ4v) is 5.74. The first-order valence-electron chi connectivity index (χ1n) is 12.6. The molecule has 0 bridgehead atoms. The fraction of sp³-hybridized carbons (Fsp3) is 0.167. The van der Waals surface area contributed by atoms with Gasteiger partial charge >= 0.3 is 5.97 Å². The zero-order valence-corrected chi connectivity index (χ0v) is 23.2. The number of nitro benzene ring substituents is 1. The van der Waals surface area contributed by atoms with E-state index in [1.807, 2.05) is 30.3 Å². The highest BCUT2D eigenvalue weighted by atomic mass is 32.1. The zero-order chi connectivity index (χ0) is 29.1. The van der Waals surface area contributed by atoms with E-state index in [2.05, 4.69) is 0 Å². The molecule has 0 amide bonds. The molecule has 2 heterocycles. The minimum absolute atomic E-state index is 0.0959. The number of aromatic nitrogens is 1. The quantitative estimate of drug-likeness (QED) is 0.179. The Labute approximate surface area is 238 Å². The maximum atomic E-state index is 14.0. The lowest BCUT2D eigenvalue weighted by molar-refractivity contribution is -0.384. The summed E-state index contributed by atoms with van der Waals surface area (Å²) < 4.78 is 18.5. The van der Waals surface area contributed by atoms with Crippen molar-refractivity contribution in [2.75, 3.05) is 20.8 Å². The van der Waals surface area contributed by atoms with Gasteiger partial charge in [0, 0.05) is 23.3 Å². The summed E-state index contributed by atoms with van der Waals surface area (Å²) in [7, 11) is 2.99. The van der Waals surface area contributed by atoms with E-state index in [4.69, 9.17) is 19.2 Å². The van der Waals surface area contributed by atoms with Crippen LogP contribution in [0.3, 0.4) is 0 Å². The number of fused-ring (bicyclic) bond motifs is 1. The largest absolute Gasteiger partial charge is 0.493 e. The van der Waals surface area contributed by atoms with Crippen LogP contribution in [0.4, 0.5) is 5.69 Å². The number of benzene rings is 3. The van der Waals surface area contributed by atoms with Gasteiger partial charge in [-0.05, 0) is 24.6 Å². The van der Waals surface area contributed by atoms with E-state index in [0.29, 0.717) is 38.7 Å². The lowest BCUT2D eigenvalue weighted by Gasteiger charge is -2.27. The Hall–Kier alpha value is -5.03. The highest BCUT2D eigenvalue weighted by molar-refractivity contribution is 7.07. The first-order chi connectivity index (χ1) is 19.9. The van der Waals surface area contributed by atoms with Crippen LogP contribution in [-0.4, -0.2) is 36.3 Å². The second kappa shape index (κ2) is 11.6. The van der Waals surface area contributed by atoms with Crippen LogP contribution in [0.1, 0.15) is 29.7 Å². The highest BCUT2D eigenvalue weighted by Crippen LogP contribution is 2.42. The van der Waals surface area contributed by atoms with Crippen LogP contribution >= 0.6 is 11.3 Å². The average Bonchev–Trinajstić information content (AvgIpc) is 3.30. The van der Waals surface area contributed by atoms with E-state index in [1.54, 1.807) is 43.3 Å². The number of nitro groups is 1. The van der Waals surface area contributed by atoms with Gasteiger partial charge in [0.05, 0.1) is 41.6 Å². The van der Waals surface area contributed by atoms with Gasteiger partial charge < -0.3 is 14.2 Å². The smallest absolute Gasteiger partial charge is 0.338 e. The predicted octanol–water partition coefficient (Wildman–Crippen LogP) is 3.86. The summed E-state index contributed by atoms with van der Waals surface area (Å²) in [5.41, 5.74) is 1.65. The van der Waals surface area contributed by atoms with Crippen molar-refractivity contribution >= 4 is 34.8 Å². The van der Waals surface area contributed by atoms with Gasteiger partial charge in [0.15, 0.2) is 16.3 Å². The van der Waals surface area contributed by atoms with Crippen molar-refractivity contribution in [1.29, 1.82) is 0 Å². The third-order valence-corrected chi connectivity index (χ3v) is 7.46. The Kier molecular flexibility index (Phi) is 7.79. The van der Waals surface area contributed by atoms with Gasteiger partial charge in [-0.25, -0.2) is 9.79 Å². The standard InChI is InChI=1S/C30H25N3O7S/c1-4-40-29(35)24-25(19-11-6-5-7-12-19)31-30-32(26(24)21-14-9-15-22(38-2)27(21)39-3)28(34)23(41-30)17-18-10-8-13-20(16-18)33(36)37/h5-17,26H,4H2,1-3H3. The number of esters is 1. The van der Waals surface area contributed by atoms with Crippen LogP contribution in [0.15, 0.2) is 88.2 Å². The predicted molar refractivity (Wildman–Crippen MR) is 154 cm³/mol. The van der Waals surface area contributed by atoms with Crippen LogP contribution in [0.2, 0.25) is 0 Å². The number of para-hydroxylation sites is 1. The lowest BCUT2D eigenvalue weighted by Crippen LogP contribution is -2.40. The Morgan fingerprint density at radius 2 is 1.83 bits per heavy atom. The normalized spacial score (nSPS) is 14.7. The average molecular weight is 572 g/mol. The molecule has 0 saturated carbocycles.